The van der Waals surface area contributed by atoms with Gasteiger partial charge in [0.2, 0.25) is 0 Å². The Morgan fingerprint density at radius 1 is 1.44 bits per heavy atom. The number of hydrogen-bond acceptors (Lipinski definition) is 3. The number of nitrogens with zero attached hydrogens (tertiary/aromatic N) is 3. The highest BCUT2D eigenvalue weighted by molar-refractivity contribution is 4.99. The van der Waals surface area contributed by atoms with E-state index in [0.29, 0.717) is 6.54 Å². The minimum atomic E-state index is 0.202. The van der Waals surface area contributed by atoms with E-state index in [2.05, 4.69) is 30.8 Å². The molecule has 0 bridgehead atoms. The van der Waals surface area contributed by atoms with E-state index in [1.807, 2.05) is 24.0 Å². The first kappa shape index (κ1) is 13.2. The first-order chi connectivity index (χ1) is 7.42. The lowest BCUT2D eigenvalue weighted by Crippen LogP contribution is -2.35. The van der Waals surface area contributed by atoms with Crippen molar-refractivity contribution in [2.45, 2.75) is 27.3 Å². The molecule has 0 spiro atoms. The standard InChI is InChI=1S/C12H23N3O/c1-12(2,3)10-15(7-8-16)9-11-5-6-13-14(11)4/h5-6,16H,7-10H2,1-4H3. The van der Waals surface area contributed by atoms with Gasteiger partial charge in [-0.15, -0.1) is 0 Å². The minimum Gasteiger partial charge on any atom is -0.395 e. The summed E-state index contributed by atoms with van der Waals surface area (Å²) in [5, 5.41) is 13.2. The molecular weight excluding hydrogens is 202 g/mol. The lowest BCUT2D eigenvalue weighted by atomic mass is 9.96. The molecule has 0 unspecified atom stereocenters. The van der Waals surface area contributed by atoms with Gasteiger partial charge in [-0.3, -0.25) is 9.58 Å². The third-order valence-electron chi connectivity index (χ3n) is 2.42. The van der Waals surface area contributed by atoms with Crippen LogP contribution in [0.1, 0.15) is 26.5 Å². The lowest BCUT2D eigenvalue weighted by molar-refractivity contribution is 0.143. The first-order valence-electron chi connectivity index (χ1n) is 5.72. The SMILES string of the molecule is Cn1nccc1CN(CCO)CC(C)(C)C. The second-order valence-corrected chi connectivity index (χ2v) is 5.44. The van der Waals surface area contributed by atoms with Gasteiger partial charge in [0.1, 0.15) is 0 Å². The minimum absolute atomic E-state index is 0.202. The molecule has 0 atom stereocenters. The van der Waals surface area contributed by atoms with Crippen LogP contribution in [0.25, 0.3) is 0 Å². The van der Waals surface area contributed by atoms with Crippen molar-refractivity contribution in [3.63, 3.8) is 0 Å². The molecule has 0 saturated carbocycles. The molecule has 1 heterocycles. The van der Waals surface area contributed by atoms with Gasteiger partial charge >= 0.3 is 0 Å². The average Bonchev–Trinajstić information content (AvgIpc) is 2.49. The van der Waals surface area contributed by atoms with Crippen molar-refractivity contribution < 1.29 is 5.11 Å². The zero-order valence-corrected chi connectivity index (χ0v) is 10.8. The van der Waals surface area contributed by atoms with Crippen LogP contribution in [-0.4, -0.2) is 39.5 Å². The van der Waals surface area contributed by atoms with Crippen LogP contribution in [0.2, 0.25) is 0 Å². The molecular formula is C12H23N3O. The molecule has 1 aromatic rings. The Morgan fingerprint density at radius 2 is 2.12 bits per heavy atom. The normalized spacial score (nSPS) is 12.4. The van der Waals surface area contributed by atoms with Crippen molar-refractivity contribution in [2.75, 3.05) is 19.7 Å². The summed E-state index contributed by atoms with van der Waals surface area (Å²) in [5.41, 5.74) is 1.42. The number of aromatic nitrogens is 2. The topological polar surface area (TPSA) is 41.3 Å². The summed E-state index contributed by atoms with van der Waals surface area (Å²) in [6.07, 6.45) is 1.81. The molecule has 1 rings (SSSR count). The molecule has 0 radical (unpaired) electrons. The van der Waals surface area contributed by atoms with Crippen molar-refractivity contribution in [3.8, 4) is 0 Å². The van der Waals surface area contributed by atoms with E-state index in [0.717, 1.165) is 13.1 Å². The predicted molar refractivity (Wildman–Crippen MR) is 65.0 cm³/mol. The summed E-state index contributed by atoms with van der Waals surface area (Å²) in [6, 6.07) is 2.02. The summed E-state index contributed by atoms with van der Waals surface area (Å²) in [4.78, 5) is 2.26. The van der Waals surface area contributed by atoms with Crippen LogP contribution < -0.4 is 0 Å². The molecule has 0 aliphatic rings. The number of rotatable bonds is 5. The molecule has 92 valence electrons. The number of aliphatic hydroxyl groups excluding tert-OH is 1. The molecule has 1 aromatic heterocycles. The largest absolute Gasteiger partial charge is 0.395 e. The maximum Gasteiger partial charge on any atom is 0.0558 e. The van der Waals surface area contributed by atoms with Gasteiger partial charge in [-0.25, -0.2) is 0 Å². The van der Waals surface area contributed by atoms with Crippen LogP contribution in [0.4, 0.5) is 0 Å². The van der Waals surface area contributed by atoms with Crippen LogP contribution in [0.15, 0.2) is 12.3 Å². The van der Waals surface area contributed by atoms with Gasteiger partial charge in [0, 0.05) is 32.9 Å². The Kier molecular flexibility index (Phi) is 4.50. The fourth-order valence-corrected chi connectivity index (χ4v) is 1.81. The van der Waals surface area contributed by atoms with E-state index in [9.17, 15) is 0 Å². The Balaban J connectivity index is 2.61. The summed E-state index contributed by atoms with van der Waals surface area (Å²) < 4.78 is 1.88. The fraction of sp³-hybridized carbons (Fsp3) is 0.750. The molecule has 0 aliphatic carbocycles. The molecule has 0 amide bonds. The van der Waals surface area contributed by atoms with Crippen LogP contribution in [0.3, 0.4) is 0 Å². The monoisotopic (exact) mass is 225 g/mol. The Hall–Kier alpha value is -0.870. The molecule has 4 nitrogen and oxygen atoms in total. The van der Waals surface area contributed by atoms with Gasteiger partial charge in [0.15, 0.2) is 0 Å². The van der Waals surface area contributed by atoms with Crippen LogP contribution in [0, 0.1) is 5.41 Å². The Bertz CT molecular complexity index is 314. The summed E-state index contributed by atoms with van der Waals surface area (Å²) in [7, 11) is 1.95. The fourth-order valence-electron chi connectivity index (χ4n) is 1.81. The maximum atomic E-state index is 9.07. The van der Waals surface area contributed by atoms with E-state index >= 15 is 0 Å². The van der Waals surface area contributed by atoms with E-state index in [1.165, 1.54) is 5.69 Å². The van der Waals surface area contributed by atoms with Crippen molar-refractivity contribution in [2.24, 2.45) is 12.5 Å². The van der Waals surface area contributed by atoms with Crippen LogP contribution in [-0.2, 0) is 13.6 Å². The summed E-state index contributed by atoms with van der Waals surface area (Å²) in [5.74, 6) is 0. The van der Waals surface area contributed by atoms with E-state index in [4.69, 9.17) is 5.11 Å². The average molecular weight is 225 g/mol. The van der Waals surface area contributed by atoms with Gasteiger partial charge in [-0.2, -0.15) is 5.10 Å². The molecule has 0 saturated heterocycles. The number of aryl methyl sites for hydroxylation is 1. The number of aliphatic hydroxyl groups is 1. The second-order valence-electron chi connectivity index (χ2n) is 5.44. The third-order valence-corrected chi connectivity index (χ3v) is 2.42. The zero-order chi connectivity index (χ0) is 12.2. The molecule has 0 aliphatic heterocycles. The molecule has 1 N–H and O–H groups in total. The van der Waals surface area contributed by atoms with Gasteiger partial charge in [-0.05, 0) is 11.5 Å². The van der Waals surface area contributed by atoms with E-state index in [1.54, 1.807) is 0 Å². The molecule has 0 fully saturated rings. The molecule has 16 heavy (non-hydrogen) atoms. The van der Waals surface area contributed by atoms with Gasteiger partial charge in [0.25, 0.3) is 0 Å². The van der Waals surface area contributed by atoms with Crippen molar-refractivity contribution >= 4 is 0 Å². The molecule has 4 heteroatoms. The Morgan fingerprint density at radius 3 is 2.56 bits per heavy atom. The van der Waals surface area contributed by atoms with Gasteiger partial charge in [0.05, 0.1) is 12.3 Å². The van der Waals surface area contributed by atoms with Gasteiger partial charge in [-0.1, -0.05) is 20.8 Å². The molecule has 0 aromatic carbocycles. The van der Waals surface area contributed by atoms with Crippen LogP contribution in [0.5, 0.6) is 0 Å². The van der Waals surface area contributed by atoms with E-state index < -0.39 is 0 Å². The highest BCUT2D eigenvalue weighted by atomic mass is 16.3. The van der Waals surface area contributed by atoms with Crippen molar-refractivity contribution in [3.05, 3.63) is 18.0 Å². The maximum absolute atomic E-state index is 9.07. The van der Waals surface area contributed by atoms with Crippen molar-refractivity contribution in [1.82, 2.24) is 14.7 Å². The highest BCUT2D eigenvalue weighted by Crippen LogP contribution is 2.16. The predicted octanol–water partition coefficient (Wildman–Crippen LogP) is 1.26. The first-order valence-corrected chi connectivity index (χ1v) is 5.72. The highest BCUT2D eigenvalue weighted by Gasteiger charge is 2.17. The summed E-state index contributed by atoms with van der Waals surface area (Å²) >= 11 is 0. The quantitative estimate of drug-likeness (QED) is 0.820. The zero-order valence-electron chi connectivity index (χ0n) is 10.8. The summed E-state index contributed by atoms with van der Waals surface area (Å²) in [6.45, 7) is 9.35. The smallest absolute Gasteiger partial charge is 0.0558 e. The lowest BCUT2D eigenvalue weighted by Gasteiger charge is -2.29. The van der Waals surface area contributed by atoms with Gasteiger partial charge < -0.3 is 5.11 Å². The van der Waals surface area contributed by atoms with Crippen molar-refractivity contribution in [1.29, 1.82) is 0 Å². The number of hydrogen-bond donors (Lipinski definition) is 1. The van der Waals surface area contributed by atoms with E-state index in [-0.39, 0.29) is 12.0 Å². The van der Waals surface area contributed by atoms with Crippen LogP contribution >= 0.6 is 0 Å². The second kappa shape index (κ2) is 5.46. The third kappa shape index (κ3) is 4.33. The Labute approximate surface area is 97.9 Å².